The van der Waals surface area contributed by atoms with E-state index < -0.39 is 10.0 Å². The van der Waals surface area contributed by atoms with Crippen molar-refractivity contribution in [3.63, 3.8) is 0 Å². The maximum absolute atomic E-state index is 12.9. The van der Waals surface area contributed by atoms with E-state index in [1.165, 1.54) is 32.3 Å². The number of nitrogens with one attached hydrogen (secondary N) is 1. The smallest absolute Gasteiger partial charge is 0.251 e. The van der Waals surface area contributed by atoms with Gasteiger partial charge in [0.1, 0.15) is 5.82 Å². The second-order valence-electron chi connectivity index (χ2n) is 6.61. The molecular weight excluding hydrogens is 367 g/mol. The number of benzene rings is 2. The molecule has 1 N–H and O–H groups in total. The molecule has 0 fully saturated rings. The summed E-state index contributed by atoms with van der Waals surface area (Å²) in [7, 11) is -0.678. The second kappa shape index (κ2) is 9.10. The molecule has 0 spiro atoms. The Morgan fingerprint density at radius 3 is 2.37 bits per heavy atom. The van der Waals surface area contributed by atoms with E-state index in [-0.39, 0.29) is 16.6 Å². The Hall–Kier alpha value is -2.25. The van der Waals surface area contributed by atoms with Crippen LogP contribution in [0.5, 0.6) is 0 Å². The van der Waals surface area contributed by atoms with Gasteiger partial charge in [-0.3, -0.25) is 4.79 Å². The first kappa shape index (κ1) is 21.1. The summed E-state index contributed by atoms with van der Waals surface area (Å²) in [6.45, 7) is 2.19. The molecule has 5 nitrogen and oxygen atoms in total. The molecule has 0 aromatic heterocycles. The summed E-state index contributed by atoms with van der Waals surface area (Å²) in [5, 5.41) is 2.81. The van der Waals surface area contributed by atoms with Gasteiger partial charge in [-0.1, -0.05) is 18.2 Å². The third-order valence-corrected chi connectivity index (χ3v) is 6.26. The number of halogens is 1. The molecule has 1 amide bonds. The van der Waals surface area contributed by atoms with Crippen LogP contribution in [0.15, 0.2) is 47.4 Å². The molecule has 0 aliphatic heterocycles. The SMILES string of the molecule is Cc1ccc(C(=O)NCCCCc2ccc(F)cc2)cc1S(=O)(=O)N(C)C. The summed E-state index contributed by atoms with van der Waals surface area (Å²) in [5.74, 6) is -0.549. The van der Waals surface area contributed by atoms with Crippen molar-refractivity contribution in [2.75, 3.05) is 20.6 Å². The van der Waals surface area contributed by atoms with E-state index in [1.807, 2.05) is 0 Å². The molecule has 2 aromatic rings. The quantitative estimate of drug-likeness (QED) is 0.702. The lowest BCUT2D eigenvalue weighted by Crippen LogP contribution is -2.26. The van der Waals surface area contributed by atoms with Crippen LogP contribution in [0.3, 0.4) is 0 Å². The Morgan fingerprint density at radius 2 is 1.74 bits per heavy atom. The van der Waals surface area contributed by atoms with Gasteiger partial charge in [-0.2, -0.15) is 0 Å². The van der Waals surface area contributed by atoms with E-state index in [2.05, 4.69) is 5.32 Å². The number of aryl methyl sites for hydroxylation is 2. The average molecular weight is 392 g/mol. The van der Waals surface area contributed by atoms with Crippen LogP contribution in [0.2, 0.25) is 0 Å². The minimum Gasteiger partial charge on any atom is -0.352 e. The maximum atomic E-state index is 12.9. The summed E-state index contributed by atoms with van der Waals surface area (Å²) in [6, 6.07) is 11.1. The van der Waals surface area contributed by atoms with Crippen LogP contribution < -0.4 is 5.32 Å². The molecule has 2 rings (SSSR count). The van der Waals surface area contributed by atoms with E-state index in [9.17, 15) is 17.6 Å². The van der Waals surface area contributed by atoms with Gasteiger partial charge in [0.15, 0.2) is 0 Å². The van der Waals surface area contributed by atoms with Crippen LogP contribution in [-0.2, 0) is 16.4 Å². The van der Waals surface area contributed by atoms with Crippen molar-refractivity contribution in [3.8, 4) is 0 Å². The van der Waals surface area contributed by atoms with Gasteiger partial charge in [0.25, 0.3) is 5.91 Å². The van der Waals surface area contributed by atoms with Crippen LogP contribution in [0.25, 0.3) is 0 Å². The van der Waals surface area contributed by atoms with Crippen LogP contribution in [-0.4, -0.2) is 39.3 Å². The fourth-order valence-electron chi connectivity index (χ4n) is 2.63. The fourth-order valence-corrected chi connectivity index (χ4v) is 3.77. The number of carbonyl (C=O) groups excluding carboxylic acids is 1. The summed E-state index contributed by atoms with van der Waals surface area (Å²) in [5.41, 5.74) is 1.97. The first-order chi connectivity index (χ1) is 12.7. The summed E-state index contributed by atoms with van der Waals surface area (Å²) >= 11 is 0. The first-order valence-corrected chi connectivity index (χ1v) is 10.2. The molecular formula is C20H25FN2O3S. The highest BCUT2D eigenvalue weighted by Gasteiger charge is 2.21. The van der Waals surface area contributed by atoms with Gasteiger partial charge in [-0.25, -0.2) is 17.1 Å². The zero-order valence-electron chi connectivity index (χ0n) is 15.8. The van der Waals surface area contributed by atoms with Crippen molar-refractivity contribution in [2.24, 2.45) is 0 Å². The number of amides is 1. The number of hydrogen-bond donors (Lipinski definition) is 1. The van der Waals surface area contributed by atoms with Crippen molar-refractivity contribution in [1.82, 2.24) is 9.62 Å². The lowest BCUT2D eigenvalue weighted by atomic mass is 10.1. The lowest BCUT2D eigenvalue weighted by Gasteiger charge is -2.14. The van der Waals surface area contributed by atoms with Gasteiger partial charge in [0, 0.05) is 26.2 Å². The minimum atomic E-state index is -3.60. The third-order valence-electron chi connectivity index (χ3n) is 4.30. The van der Waals surface area contributed by atoms with Crippen molar-refractivity contribution in [3.05, 3.63) is 65.0 Å². The van der Waals surface area contributed by atoms with E-state index in [0.717, 1.165) is 29.1 Å². The van der Waals surface area contributed by atoms with Gasteiger partial charge in [-0.15, -0.1) is 0 Å². The number of carbonyl (C=O) groups is 1. The maximum Gasteiger partial charge on any atom is 0.251 e. The predicted molar refractivity (Wildman–Crippen MR) is 104 cm³/mol. The average Bonchev–Trinajstić information content (AvgIpc) is 2.62. The molecule has 0 aliphatic rings. The van der Waals surface area contributed by atoms with Crippen molar-refractivity contribution < 1.29 is 17.6 Å². The molecule has 0 saturated carbocycles. The molecule has 0 heterocycles. The minimum absolute atomic E-state index is 0.136. The van der Waals surface area contributed by atoms with Gasteiger partial charge in [0.2, 0.25) is 10.0 Å². The van der Waals surface area contributed by atoms with Crippen LogP contribution in [0, 0.1) is 12.7 Å². The Kier molecular flexibility index (Phi) is 7.10. The molecule has 7 heteroatoms. The van der Waals surface area contributed by atoms with E-state index in [1.54, 1.807) is 31.2 Å². The number of sulfonamides is 1. The highest BCUT2D eigenvalue weighted by Crippen LogP contribution is 2.19. The molecule has 0 saturated heterocycles. The highest BCUT2D eigenvalue weighted by atomic mass is 32.2. The van der Waals surface area contributed by atoms with Crippen LogP contribution in [0.1, 0.15) is 34.3 Å². The van der Waals surface area contributed by atoms with E-state index >= 15 is 0 Å². The van der Waals surface area contributed by atoms with Gasteiger partial charge in [-0.05, 0) is 61.6 Å². The number of hydrogen-bond acceptors (Lipinski definition) is 3. The summed E-state index contributed by atoms with van der Waals surface area (Å²) in [4.78, 5) is 12.5. The van der Waals surface area contributed by atoms with Crippen molar-refractivity contribution in [1.29, 1.82) is 0 Å². The Labute approximate surface area is 160 Å². The number of unbranched alkanes of at least 4 members (excludes halogenated alkanes) is 1. The molecule has 27 heavy (non-hydrogen) atoms. The van der Waals surface area contributed by atoms with E-state index in [4.69, 9.17) is 0 Å². The lowest BCUT2D eigenvalue weighted by molar-refractivity contribution is 0.0953. The molecule has 0 aliphatic carbocycles. The normalized spacial score (nSPS) is 11.6. The van der Waals surface area contributed by atoms with Crippen LogP contribution >= 0.6 is 0 Å². The summed E-state index contributed by atoms with van der Waals surface area (Å²) in [6.07, 6.45) is 2.45. The topological polar surface area (TPSA) is 66.5 Å². The molecule has 0 atom stereocenters. The van der Waals surface area contributed by atoms with E-state index in [0.29, 0.717) is 17.7 Å². The molecule has 0 radical (unpaired) electrons. The molecule has 2 aromatic carbocycles. The molecule has 0 unspecified atom stereocenters. The standard InChI is InChI=1S/C20H25FN2O3S/c1-15-7-10-17(14-19(15)27(25,26)23(2)3)20(24)22-13-5-4-6-16-8-11-18(21)12-9-16/h7-12,14H,4-6,13H2,1-3H3,(H,22,24). The largest absolute Gasteiger partial charge is 0.352 e. The Bertz CT molecular complexity index is 894. The van der Waals surface area contributed by atoms with Crippen molar-refractivity contribution >= 4 is 15.9 Å². The Morgan fingerprint density at radius 1 is 1.07 bits per heavy atom. The zero-order valence-corrected chi connectivity index (χ0v) is 16.6. The van der Waals surface area contributed by atoms with Gasteiger partial charge >= 0.3 is 0 Å². The van der Waals surface area contributed by atoms with Crippen LogP contribution in [0.4, 0.5) is 4.39 Å². The third kappa shape index (κ3) is 5.61. The zero-order chi connectivity index (χ0) is 20.0. The van der Waals surface area contributed by atoms with Gasteiger partial charge < -0.3 is 5.32 Å². The van der Waals surface area contributed by atoms with Crippen molar-refractivity contribution in [2.45, 2.75) is 31.1 Å². The monoisotopic (exact) mass is 392 g/mol. The molecule has 146 valence electrons. The second-order valence-corrected chi connectivity index (χ2v) is 8.73. The fraction of sp³-hybridized carbons (Fsp3) is 0.350. The summed E-state index contributed by atoms with van der Waals surface area (Å²) < 4.78 is 38.7. The predicted octanol–water partition coefficient (Wildman–Crippen LogP) is 3.14. The number of nitrogens with zero attached hydrogens (tertiary/aromatic N) is 1. The molecule has 0 bridgehead atoms. The number of rotatable bonds is 8. The highest BCUT2D eigenvalue weighted by molar-refractivity contribution is 7.89. The van der Waals surface area contributed by atoms with Gasteiger partial charge in [0.05, 0.1) is 4.90 Å². The first-order valence-electron chi connectivity index (χ1n) is 8.77. The Balaban J connectivity index is 1.90.